The highest BCUT2D eigenvalue weighted by Gasteiger charge is 2.18. The molecule has 3 aromatic rings. The lowest BCUT2D eigenvalue weighted by Gasteiger charge is -2.00. The SMILES string of the molecule is C[n+]1c2c(cc3[nH]c4ccc(S(C)(=O)=O)cc4c31)=CCCC=2. The average Bonchev–Trinajstić information content (AvgIpc) is 2.84. The van der Waals surface area contributed by atoms with Crippen molar-refractivity contribution >= 4 is 43.9 Å². The molecule has 0 aliphatic heterocycles. The predicted octanol–water partition coefficient (Wildman–Crippen LogP) is 0.904. The van der Waals surface area contributed by atoms with Gasteiger partial charge in [-0.25, -0.2) is 8.42 Å². The van der Waals surface area contributed by atoms with E-state index >= 15 is 0 Å². The molecule has 5 heteroatoms. The van der Waals surface area contributed by atoms with E-state index in [0.29, 0.717) is 4.90 Å². The summed E-state index contributed by atoms with van der Waals surface area (Å²) in [5.74, 6) is 0. The van der Waals surface area contributed by atoms with E-state index in [9.17, 15) is 8.42 Å². The molecule has 0 fully saturated rings. The lowest BCUT2D eigenvalue weighted by Crippen LogP contribution is -2.55. The summed E-state index contributed by atoms with van der Waals surface area (Å²) >= 11 is 0. The number of H-pyrrole nitrogens is 1. The van der Waals surface area contributed by atoms with Gasteiger partial charge < -0.3 is 4.98 Å². The highest BCUT2D eigenvalue weighted by atomic mass is 32.2. The molecule has 0 saturated carbocycles. The van der Waals surface area contributed by atoms with E-state index < -0.39 is 9.84 Å². The van der Waals surface area contributed by atoms with Gasteiger partial charge in [0.2, 0.25) is 10.9 Å². The van der Waals surface area contributed by atoms with Gasteiger partial charge in [0.15, 0.2) is 9.84 Å². The van der Waals surface area contributed by atoms with Gasteiger partial charge in [0.25, 0.3) is 0 Å². The summed E-state index contributed by atoms with van der Waals surface area (Å²) in [7, 11) is -1.17. The molecule has 1 aliphatic rings. The van der Waals surface area contributed by atoms with Crippen LogP contribution in [0.15, 0.2) is 29.2 Å². The lowest BCUT2D eigenvalue weighted by molar-refractivity contribution is -0.658. The summed E-state index contributed by atoms with van der Waals surface area (Å²) in [6.45, 7) is 0. The second kappa shape index (κ2) is 4.43. The molecule has 22 heavy (non-hydrogen) atoms. The highest BCUT2D eigenvalue weighted by molar-refractivity contribution is 7.90. The van der Waals surface area contributed by atoms with E-state index in [2.05, 4.69) is 27.8 Å². The van der Waals surface area contributed by atoms with Crippen molar-refractivity contribution in [2.75, 3.05) is 6.26 Å². The summed E-state index contributed by atoms with van der Waals surface area (Å²) in [4.78, 5) is 3.75. The van der Waals surface area contributed by atoms with E-state index in [0.717, 1.165) is 34.8 Å². The van der Waals surface area contributed by atoms with Crippen molar-refractivity contribution in [1.29, 1.82) is 0 Å². The Bertz CT molecular complexity index is 1160. The van der Waals surface area contributed by atoms with Crippen LogP contribution in [0, 0.1) is 0 Å². The highest BCUT2D eigenvalue weighted by Crippen LogP contribution is 2.24. The summed E-state index contributed by atoms with van der Waals surface area (Å²) in [6, 6.07) is 7.42. The van der Waals surface area contributed by atoms with Crippen LogP contribution in [0.1, 0.15) is 12.8 Å². The van der Waals surface area contributed by atoms with E-state index in [1.54, 1.807) is 12.1 Å². The van der Waals surface area contributed by atoms with Crippen LogP contribution in [0.4, 0.5) is 0 Å². The van der Waals surface area contributed by atoms with Crippen molar-refractivity contribution < 1.29 is 13.0 Å². The molecule has 2 aromatic heterocycles. The predicted molar refractivity (Wildman–Crippen MR) is 87.5 cm³/mol. The van der Waals surface area contributed by atoms with E-state index in [-0.39, 0.29) is 0 Å². The fourth-order valence-electron chi connectivity index (χ4n) is 3.29. The van der Waals surface area contributed by atoms with E-state index in [1.165, 1.54) is 16.8 Å². The Hall–Kier alpha value is -2.14. The number of nitrogens with one attached hydrogen (secondary N) is 1. The Morgan fingerprint density at radius 2 is 1.86 bits per heavy atom. The second-order valence-electron chi connectivity index (χ2n) is 5.90. The Morgan fingerprint density at radius 1 is 1.09 bits per heavy atom. The van der Waals surface area contributed by atoms with Crippen molar-refractivity contribution in [3.8, 4) is 0 Å². The molecular weight excluding hydrogens is 296 g/mol. The smallest absolute Gasteiger partial charge is 0.238 e. The molecule has 0 saturated heterocycles. The summed E-state index contributed by atoms with van der Waals surface area (Å²) in [5.41, 5.74) is 3.04. The van der Waals surface area contributed by atoms with Crippen LogP contribution < -0.4 is 15.1 Å². The Balaban J connectivity index is 2.22. The molecule has 4 nitrogen and oxygen atoms in total. The van der Waals surface area contributed by atoms with Gasteiger partial charge in [0.05, 0.1) is 15.8 Å². The number of nitrogens with zero attached hydrogens (tertiary/aromatic N) is 1. The first-order valence-corrected chi connectivity index (χ1v) is 9.19. The standard InChI is InChI=1S/C17H16N2O2S/c1-19-16-6-4-3-5-11(16)9-15-17(19)13-10-12(22(2,20)21)7-8-14(13)18-15/h5-10H,3-4H2,1-2H3/p+1. The topological polar surface area (TPSA) is 53.8 Å². The number of fused-ring (bicyclic) bond motifs is 4. The number of rotatable bonds is 1. The van der Waals surface area contributed by atoms with Crippen LogP contribution in [-0.4, -0.2) is 19.7 Å². The minimum absolute atomic E-state index is 0.356. The normalized spacial score (nSPS) is 14.6. The number of aryl methyl sites for hydroxylation is 1. The summed E-state index contributed by atoms with van der Waals surface area (Å²) in [6.07, 6.45) is 7.85. The van der Waals surface area contributed by atoms with Gasteiger partial charge in [-0.1, -0.05) is 6.08 Å². The first-order valence-electron chi connectivity index (χ1n) is 7.30. The van der Waals surface area contributed by atoms with Crippen LogP contribution in [0.3, 0.4) is 0 Å². The van der Waals surface area contributed by atoms with Crippen LogP contribution in [-0.2, 0) is 16.9 Å². The van der Waals surface area contributed by atoms with E-state index in [4.69, 9.17) is 0 Å². The first kappa shape index (κ1) is 13.5. The molecule has 4 rings (SSSR count). The molecule has 0 bridgehead atoms. The number of sulfone groups is 1. The zero-order valence-corrected chi connectivity index (χ0v) is 13.4. The molecule has 0 spiro atoms. The molecule has 0 atom stereocenters. The monoisotopic (exact) mass is 313 g/mol. The van der Waals surface area contributed by atoms with Crippen LogP contribution in [0.5, 0.6) is 0 Å². The van der Waals surface area contributed by atoms with Gasteiger partial charge in [-0.15, -0.1) is 0 Å². The average molecular weight is 313 g/mol. The molecule has 1 aromatic carbocycles. The number of benzene rings is 1. The van der Waals surface area contributed by atoms with Crippen LogP contribution in [0.25, 0.3) is 34.1 Å². The summed E-state index contributed by atoms with van der Waals surface area (Å²) in [5, 5.41) is 3.38. The van der Waals surface area contributed by atoms with Crippen molar-refractivity contribution in [2.24, 2.45) is 7.05 Å². The number of aromatic amines is 1. The largest absolute Gasteiger partial charge is 0.349 e. The Kier molecular flexibility index (Phi) is 2.72. The molecule has 0 amide bonds. The lowest BCUT2D eigenvalue weighted by atomic mass is 10.1. The third kappa shape index (κ3) is 1.89. The fraction of sp³-hybridized carbons (Fsp3) is 0.235. The number of hydrogen-bond donors (Lipinski definition) is 1. The Morgan fingerprint density at radius 3 is 2.64 bits per heavy atom. The number of hydrogen-bond acceptors (Lipinski definition) is 2. The maximum absolute atomic E-state index is 11.8. The van der Waals surface area contributed by atoms with Gasteiger partial charge >= 0.3 is 0 Å². The molecule has 1 aliphatic carbocycles. The molecular formula is C17H17N2O2S+. The van der Waals surface area contributed by atoms with Crippen molar-refractivity contribution in [3.63, 3.8) is 0 Å². The molecule has 2 heterocycles. The minimum Gasteiger partial charge on any atom is -0.349 e. The van der Waals surface area contributed by atoms with Gasteiger partial charge in [0.1, 0.15) is 12.6 Å². The minimum atomic E-state index is -3.21. The van der Waals surface area contributed by atoms with Crippen molar-refractivity contribution in [1.82, 2.24) is 4.98 Å². The number of pyridine rings is 1. The van der Waals surface area contributed by atoms with Gasteiger partial charge in [0, 0.05) is 11.5 Å². The number of aromatic nitrogens is 2. The van der Waals surface area contributed by atoms with Gasteiger partial charge in [-0.05, 0) is 43.2 Å². The van der Waals surface area contributed by atoms with Gasteiger partial charge in [-0.3, -0.25) is 0 Å². The second-order valence-corrected chi connectivity index (χ2v) is 7.91. The third-order valence-corrected chi connectivity index (χ3v) is 5.47. The zero-order valence-electron chi connectivity index (χ0n) is 12.6. The molecule has 112 valence electrons. The van der Waals surface area contributed by atoms with Crippen molar-refractivity contribution in [3.05, 3.63) is 34.8 Å². The van der Waals surface area contributed by atoms with Crippen molar-refractivity contribution in [2.45, 2.75) is 17.7 Å². The fourth-order valence-corrected chi connectivity index (χ4v) is 3.94. The Labute approximate surface area is 128 Å². The van der Waals surface area contributed by atoms with E-state index in [1.807, 2.05) is 13.1 Å². The maximum atomic E-state index is 11.8. The first-order chi connectivity index (χ1) is 10.4. The van der Waals surface area contributed by atoms with Crippen LogP contribution >= 0.6 is 0 Å². The molecule has 0 unspecified atom stereocenters. The summed E-state index contributed by atoms with van der Waals surface area (Å²) < 4.78 is 25.8. The molecule has 0 radical (unpaired) electrons. The van der Waals surface area contributed by atoms with Gasteiger partial charge in [-0.2, -0.15) is 4.57 Å². The molecule has 1 N–H and O–H groups in total. The van der Waals surface area contributed by atoms with Crippen LogP contribution in [0.2, 0.25) is 0 Å². The maximum Gasteiger partial charge on any atom is 0.238 e. The third-order valence-electron chi connectivity index (χ3n) is 4.36. The zero-order chi connectivity index (χ0) is 15.5. The quantitative estimate of drug-likeness (QED) is 0.679.